The van der Waals surface area contributed by atoms with Gasteiger partial charge in [0.25, 0.3) is 0 Å². The first-order chi connectivity index (χ1) is 20.6. The van der Waals surface area contributed by atoms with Crippen molar-refractivity contribution in [2.24, 2.45) is 0 Å². The highest BCUT2D eigenvalue weighted by molar-refractivity contribution is 5.96. The molecule has 43 heavy (non-hydrogen) atoms. The van der Waals surface area contributed by atoms with Crippen molar-refractivity contribution in [2.45, 2.75) is 18.6 Å². The average molecular weight is 599 g/mol. The summed E-state index contributed by atoms with van der Waals surface area (Å²) in [4.78, 5) is 16.8. The summed E-state index contributed by atoms with van der Waals surface area (Å²) < 4.78 is 66.0. The Kier molecular flexibility index (Phi) is 8.87. The number of anilines is 2. The van der Waals surface area contributed by atoms with Crippen LogP contribution in [0.1, 0.15) is 11.3 Å². The summed E-state index contributed by atoms with van der Waals surface area (Å²) in [5, 5.41) is 17.6. The molecular formula is C29H30F4N8O2. The van der Waals surface area contributed by atoms with E-state index < -0.39 is 29.2 Å². The summed E-state index contributed by atoms with van der Waals surface area (Å²) >= 11 is 0. The first-order valence-electron chi connectivity index (χ1n) is 13.5. The zero-order valence-corrected chi connectivity index (χ0v) is 23.5. The van der Waals surface area contributed by atoms with Gasteiger partial charge >= 0.3 is 6.18 Å². The summed E-state index contributed by atoms with van der Waals surface area (Å²) in [5.74, 6) is -2.28. The van der Waals surface area contributed by atoms with Crippen LogP contribution in [-0.2, 0) is 17.4 Å². The van der Waals surface area contributed by atoms with Crippen LogP contribution in [-0.4, -0.2) is 77.1 Å². The molecule has 2 aromatic carbocycles. The fourth-order valence-electron chi connectivity index (χ4n) is 4.99. The van der Waals surface area contributed by atoms with Crippen molar-refractivity contribution in [3.8, 4) is 17.2 Å². The van der Waals surface area contributed by atoms with E-state index in [4.69, 9.17) is 4.74 Å². The third-order valence-corrected chi connectivity index (χ3v) is 7.11. The van der Waals surface area contributed by atoms with Crippen LogP contribution >= 0.6 is 0 Å². The molecule has 1 aliphatic rings. The van der Waals surface area contributed by atoms with Crippen LogP contribution in [0.25, 0.3) is 5.69 Å². The Bertz CT molecular complexity index is 1560. The molecule has 2 aromatic heterocycles. The number of hydrogen-bond donors (Lipinski definition) is 2. The van der Waals surface area contributed by atoms with Crippen LogP contribution < -0.4 is 20.3 Å². The number of para-hydroxylation sites is 1. The third-order valence-electron chi connectivity index (χ3n) is 7.11. The molecule has 0 spiro atoms. The minimum atomic E-state index is -4.89. The van der Waals surface area contributed by atoms with Crippen molar-refractivity contribution in [3.63, 3.8) is 0 Å². The topological polar surface area (TPSA) is 100 Å². The number of nitrogens with zero attached hydrogens (tertiary/aromatic N) is 6. The van der Waals surface area contributed by atoms with Gasteiger partial charge in [0.15, 0.2) is 11.6 Å². The van der Waals surface area contributed by atoms with E-state index in [0.29, 0.717) is 24.5 Å². The van der Waals surface area contributed by atoms with Gasteiger partial charge in [-0.05, 0) is 50.5 Å². The van der Waals surface area contributed by atoms with Gasteiger partial charge in [0, 0.05) is 38.4 Å². The van der Waals surface area contributed by atoms with E-state index in [0.717, 1.165) is 12.1 Å². The summed E-state index contributed by atoms with van der Waals surface area (Å²) in [6.07, 6.45) is -0.430. The molecule has 1 amide bonds. The number of ether oxygens (including phenoxy) is 1. The normalized spacial score (nSPS) is 15.9. The van der Waals surface area contributed by atoms with E-state index >= 15 is 0 Å². The molecule has 0 unspecified atom stereocenters. The number of carbonyl (C=O) groups excluding carboxylic acids is 1. The lowest BCUT2D eigenvalue weighted by Crippen LogP contribution is -2.55. The fraction of sp³-hybridized carbons (Fsp3) is 0.310. The lowest BCUT2D eigenvalue weighted by molar-refractivity contribution is -0.138. The second kappa shape index (κ2) is 12.8. The average Bonchev–Trinajstić information content (AvgIpc) is 3.44. The minimum absolute atomic E-state index is 0.0382. The number of halogens is 4. The predicted octanol–water partition coefficient (Wildman–Crippen LogP) is 4.13. The van der Waals surface area contributed by atoms with Gasteiger partial charge in [0.1, 0.15) is 11.3 Å². The van der Waals surface area contributed by atoms with E-state index in [1.165, 1.54) is 41.3 Å². The van der Waals surface area contributed by atoms with Gasteiger partial charge in [-0.25, -0.2) is 9.07 Å². The third kappa shape index (κ3) is 6.92. The van der Waals surface area contributed by atoms with Gasteiger partial charge in [-0.1, -0.05) is 12.1 Å². The number of rotatable bonds is 9. The molecule has 0 radical (unpaired) electrons. The van der Waals surface area contributed by atoms with Gasteiger partial charge < -0.3 is 20.3 Å². The quantitative estimate of drug-likeness (QED) is 0.278. The maximum absolute atomic E-state index is 14.9. The Balaban J connectivity index is 1.51. The van der Waals surface area contributed by atoms with E-state index in [1.807, 2.05) is 7.05 Å². The number of alkyl halides is 3. The fourth-order valence-corrected chi connectivity index (χ4v) is 4.99. The largest absolute Gasteiger partial charge is 0.454 e. The standard InChI is InChI=1S/C29H30F4N8O2/c1-34-16-21-18-40(14-13-39(21)2)28-23(37-26(42)15-19-10-12-41(38-19)20-9-11-35-36-17-20)7-8-25(27(28)29(31,32)33)43-24-6-4-3-5-22(24)30/h3-12,17,21,34H,13-16,18H2,1-2H3,(H,37,42)/t21-/m1/s1. The van der Waals surface area contributed by atoms with E-state index in [1.54, 1.807) is 30.3 Å². The van der Waals surface area contributed by atoms with Crippen molar-refractivity contribution < 1.29 is 27.1 Å². The van der Waals surface area contributed by atoms with Gasteiger partial charge in [-0.2, -0.15) is 28.5 Å². The molecule has 10 nitrogen and oxygen atoms in total. The minimum Gasteiger partial charge on any atom is -0.454 e. The molecule has 0 aliphatic carbocycles. The van der Waals surface area contributed by atoms with Crippen LogP contribution in [0.5, 0.6) is 11.5 Å². The Morgan fingerprint density at radius 1 is 1.07 bits per heavy atom. The maximum Gasteiger partial charge on any atom is 0.422 e. The highest BCUT2D eigenvalue weighted by Crippen LogP contribution is 2.48. The van der Waals surface area contributed by atoms with Gasteiger partial charge in [0.05, 0.1) is 41.6 Å². The first kappa shape index (κ1) is 29.9. The van der Waals surface area contributed by atoms with Crippen LogP contribution in [0.3, 0.4) is 0 Å². The molecule has 226 valence electrons. The molecule has 1 aliphatic heterocycles. The molecule has 5 rings (SSSR count). The maximum atomic E-state index is 14.9. The van der Waals surface area contributed by atoms with Gasteiger partial charge in [-0.15, -0.1) is 0 Å². The number of amides is 1. The van der Waals surface area contributed by atoms with Gasteiger partial charge in [0.2, 0.25) is 5.91 Å². The molecule has 1 saturated heterocycles. The van der Waals surface area contributed by atoms with E-state index in [9.17, 15) is 22.4 Å². The van der Waals surface area contributed by atoms with Crippen LogP contribution in [0.2, 0.25) is 0 Å². The van der Waals surface area contributed by atoms with Crippen molar-refractivity contribution >= 4 is 17.3 Å². The van der Waals surface area contributed by atoms with Crippen molar-refractivity contribution in [1.29, 1.82) is 0 Å². The smallest absolute Gasteiger partial charge is 0.422 e. The van der Waals surface area contributed by atoms with Gasteiger partial charge in [-0.3, -0.25) is 9.69 Å². The summed E-state index contributed by atoms with van der Waals surface area (Å²) in [6, 6.07) is 10.9. The highest BCUT2D eigenvalue weighted by Gasteiger charge is 2.42. The summed E-state index contributed by atoms with van der Waals surface area (Å²) in [6.45, 7) is 1.53. The lowest BCUT2D eigenvalue weighted by Gasteiger charge is -2.42. The molecule has 1 atom stereocenters. The number of carbonyl (C=O) groups is 1. The molecule has 4 aromatic rings. The van der Waals surface area contributed by atoms with Crippen molar-refractivity contribution in [1.82, 2.24) is 30.2 Å². The Labute approximate surface area is 245 Å². The monoisotopic (exact) mass is 598 g/mol. The number of likely N-dealkylation sites (N-methyl/N-ethyl adjacent to an activating group) is 2. The van der Waals surface area contributed by atoms with Crippen molar-refractivity contribution in [2.75, 3.05) is 50.5 Å². The molecule has 0 bridgehead atoms. The zero-order valence-electron chi connectivity index (χ0n) is 23.5. The first-order valence-corrected chi connectivity index (χ1v) is 13.5. The summed E-state index contributed by atoms with van der Waals surface area (Å²) in [7, 11) is 3.68. The van der Waals surface area contributed by atoms with E-state index in [-0.39, 0.29) is 42.7 Å². The molecule has 2 N–H and O–H groups in total. The number of aromatic nitrogens is 4. The Morgan fingerprint density at radius 3 is 2.60 bits per heavy atom. The number of nitrogens with one attached hydrogen (secondary N) is 2. The highest BCUT2D eigenvalue weighted by atomic mass is 19.4. The predicted molar refractivity (Wildman–Crippen MR) is 152 cm³/mol. The van der Waals surface area contributed by atoms with Crippen LogP contribution in [0, 0.1) is 5.82 Å². The lowest BCUT2D eigenvalue weighted by atomic mass is 10.0. The second-order valence-corrected chi connectivity index (χ2v) is 10.1. The number of hydrogen-bond acceptors (Lipinski definition) is 8. The van der Waals surface area contributed by atoms with Crippen molar-refractivity contribution in [3.05, 3.63) is 84.2 Å². The summed E-state index contributed by atoms with van der Waals surface area (Å²) in [5.41, 5.74) is -0.340. The Hall–Kier alpha value is -4.56. The zero-order chi connectivity index (χ0) is 30.6. The van der Waals surface area contributed by atoms with Crippen LogP contribution in [0.15, 0.2) is 67.1 Å². The molecule has 14 heteroatoms. The molecule has 0 saturated carbocycles. The molecule has 1 fully saturated rings. The van der Waals surface area contributed by atoms with E-state index in [2.05, 4.69) is 30.8 Å². The SMILES string of the molecule is CNC[C@@H]1CN(c2c(NC(=O)Cc3ccn(-c4ccnnc4)n3)ccc(Oc3ccccc3F)c2C(F)(F)F)CCN1C. The molecular weight excluding hydrogens is 568 g/mol. The number of piperazine rings is 1. The second-order valence-electron chi connectivity index (χ2n) is 10.1. The Morgan fingerprint density at radius 2 is 1.88 bits per heavy atom. The van der Waals surface area contributed by atoms with Crippen LogP contribution in [0.4, 0.5) is 28.9 Å². The number of benzene rings is 2. The molecule has 3 heterocycles.